The highest BCUT2D eigenvalue weighted by atomic mass is 79.9. The van der Waals surface area contributed by atoms with Gasteiger partial charge in [-0.1, -0.05) is 12.1 Å². The van der Waals surface area contributed by atoms with Gasteiger partial charge in [-0.2, -0.15) is 18.3 Å². The molecule has 2 N–H and O–H groups in total. The molecule has 0 aliphatic rings. The summed E-state index contributed by atoms with van der Waals surface area (Å²) in [6.07, 6.45) is -2.30. The first kappa shape index (κ1) is 24.1. The normalized spacial score (nSPS) is 11.4. The third kappa shape index (κ3) is 6.45. The molecule has 7 nitrogen and oxygen atoms in total. The number of aromatic carboxylic acids is 1. The van der Waals surface area contributed by atoms with Crippen LogP contribution in [0.2, 0.25) is 0 Å². The van der Waals surface area contributed by atoms with E-state index in [2.05, 4.69) is 31.4 Å². The van der Waals surface area contributed by atoms with E-state index in [0.717, 1.165) is 12.3 Å². The van der Waals surface area contributed by atoms with E-state index in [1.54, 1.807) is 24.3 Å². The number of ether oxygens (including phenoxy) is 2. The van der Waals surface area contributed by atoms with Gasteiger partial charge in [-0.3, -0.25) is 5.43 Å². The molecule has 33 heavy (non-hydrogen) atoms. The van der Waals surface area contributed by atoms with Crippen molar-refractivity contribution in [1.29, 1.82) is 0 Å². The van der Waals surface area contributed by atoms with Crippen molar-refractivity contribution in [2.75, 3.05) is 12.5 Å². The van der Waals surface area contributed by atoms with Gasteiger partial charge >= 0.3 is 12.1 Å². The first-order valence-corrected chi connectivity index (χ1v) is 10.1. The van der Waals surface area contributed by atoms with E-state index in [0.29, 0.717) is 27.1 Å². The Kier molecular flexibility index (Phi) is 7.54. The number of aromatic nitrogens is 1. The molecule has 0 saturated carbocycles. The first-order chi connectivity index (χ1) is 15.7. The van der Waals surface area contributed by atoms with Gasteiger partial charge in [-0.05, 0) is 63.5 Å². The fourth-order valence-electron chi connectivity index (χ4n) is 2.70. The minimum atomic E-state index is -4.46. The summed E-state index contributed by atoms with van der Waals surface area (Å²) < 4.78 is 49.5. The van der Waals surface area contributed by atoms with Gasteiger partial charge in [0.1, 0.15) is 12.4 Å². The summed E-state index contributed by atoms with van der Waals surface area (Å²) in [5, 5.41) is 13.1. The molecule has 1 heterocycles. The topological polar surface area (TPSA) is 93.0 Å². The van der Waals surface area contributed by atoms with Crippen molar-refractivity contribution >= 4 is 33.9 Å². The maximum absolute atomic E-state index is 12.6. The maximum Gasteiger partial charge on any atom is 0.417 e. The van der Waals surface area contributed by atoms with E-state index in [1.807, 2.05) is 0 Å². The molecule has 1 aromatic heterocycles. The summed E-state index contributed by atoms with van der Waals surface area (Å²) >= 11 is 3.41. The number of benzene rings is 2. The van der Waals surface area contributed by atoms with Crippen molar-refractivity contribution in [3.05, 3.63) is 81.5 Å². The predicted octanol–water partition coefficient (Wildman–Crippen LogP) is 5.59. The summed E-state index contributed by atoms with van der Waals surface area (Å²) in [6.45, 7) is 0.116. The number of rotatable bonds is 8. The molecule has 11 heteroatoms. The first-order valence-electron chi connectivity index (χ1n) is 9.32. The molecule has 0 fully saturated rings. The van der Waals surface area contributed by atoms with Crippen LogP contribution >= 0.6 is 15.9 Å². The molecule has 2 aromatic carbocycles. The molecular weight excluding hydrogens is 507 g/mol. The van der Waals surface area contributed by atoms with E-state index in [9.17, 15) is 18.0 Å². The van der Waals surface area contributed by atoms with Crippen LogP contribution in [0, 0.1) is 0 Å². The Balaban J connectivity index is 1.69. The number of carboxylic acid groups (broad SMARTS) is 1. The molecule has 0 aliphatic heterocycles. The lowest BCUT2D eigenvalue weighted by Crippen LogP contribution is -2.05. The smallest absolute Gasteiger partial charge is 0.417 e. The number of carboxylic acids is 1. The number of alkyl halides is 3. The summed E-state index contributed by atoms with van der Waals surface area (Å²) in [5.74, 6) is -0.0752. The molecule has 172 valence electrons. The Bertz CT molecular complexity index is 1170. The van der Waals surface area contributed by atoms with Crippen LogP contribution in [0.4, 0.5) is 19.0 Å². The van der Waals surface area contributed by atoms with Gasteiger partial charge in [-0.25, -0.2) is 9.78 Å². The van der Waals surface area contributed by atoms with E-state index in [-0.39, 0.29) is 18.0 Å². The molecule has 0 spiro atoms. The Hall–Kier alpha value is -3.60. The minimum absolute atomic E-state index is 0.116. The van der Waals surface area contributed by atoms with E-state index in [1.165, 1.54) is 31.5 Å². The Morgan fingerprint density at radius 3 is 2.67 bits per heavy atom. The minimum Gasteiger partial charge on any atom is -0.493 e. The van der Waals surface area contributed by atoms with Crippen LogP contribution in [0.3, 0.4) is 0 Å². The van der Waals surface area contributed by atoms with Crippen LogP contribution in [-0.4, -0.2) is 29.4 Å². The van der Waals surface area contributed by atoms with Crippen molar-refractivity contribution in [3.8, 4) is 11.5 Å². The Morgan fingerprint density at radius 1 is 1.24 bits per heavy atom. The summed E-state index contributed by atoms with van der Waals surface area (Å²) in [5.41, 5.74) is 3.14. The van der Waals surface area contributed by atoms with Crippen LogP contribution in [0.1, 0.15) is 27.0 Å². The second kappa shape index (κ2) is 10.3. The van der Waals surface area contributed by atoms with Gasteiger partial charge in [0.15, 0.2) is 11.5 Å². The molecule has 0 atom stereocenters. The maximum atomic E-state index is 12.6. The molecule has 0 amide bonds. The zero-order chi connectivity index (χ0) is 24.0. The fourth-order valence-corrected chi connectivity index (χ4v) is 3.28. The van der Waals surface area contributed by atoms with Gasteiger partial charge in [0, 0.05) is 6.20 Å². The standard InChI is InChI=1S/C22H17BrF3N3O4/c1-32-18-9-14(10-28-29-19-6-5-16(11-27-19)22(24,25)26)8-17(23)20(18)33-12-13-3-2-4-15(7-13)21(30)31/h2-11H,12H2,1H3,(H,27,29)(H,30,31)/b28-10-. The number of pyridine rings is 1. The monoisotopic (exact) mass is 523 g/mol. The number of hydrogen-bond acceptors (Lipinski definition) is 6. The highest BCUT2D eigenvalue weighted by Crippen LogP contribution is 2.37. The van der Waals surface area contributed by atoms with Gasteiger partial charge in [0.2, 0.25) is 0 Å². The summed E-state index contributed by atoms with van der Waals surface area (Å²) in [6, 6.07) is 11.8. The average molecular weight is 524 g/mol. The van der Waals surface area contributed by atoms with Gasteiger partial charge in [-0.15, -0.1) is 0 Å². The zero-order valence-corrected chi connectivity index (χ0v) is 18.6. The fraction of sp³-hybridized carbons (Fsp3) is 0.136. The quantitative estimate of drug-likeness (QED) is 0.295. The Morgan fingerprint density at radius 2 is 2.03 bits per heavy atom. The number of anilines is 1. The van der Waals surface area contributed by atoms with Crippen molar-refractivity contribution in [2.45, 2.75) is 12.8 Å². The van der Waals surface area contributed by atoms with Crippen molar-refractivity contribution in [1.82, 2.24) is 4.98 Å². The molecular formula is C22H17BrF3N3O4. The number of hydrazone groups is 1. The van der Waals surface area contributed by atoms with E-state index < -0.39 is 17.7 Å². The highest BCUT2D eigenvalue weighted by molar-refractivity contribution is 9.10. The average Bonchev–Trinajstić information content (AvgIpc) is 2.78. The number of carbonyl (C=O) groups is 1. The van der Waals surface area contributed by atoms with Gasteiger partial charge < -0.3 is 14.6 Å². The number of nitrogens with one attached hydrogen (secondary N) is 1. The van der Waals surface area contributed by atoms with Crippen LogP contribution in [0.25, 0.3) is 0 Å². The lowest BCUT2D eigenvalue weighted by atomic mass is 10.1. The van der Waals surface area contributed by atoms with Crippen LogP contribution in [0.5, 0.6) is 11.5 Å². The van der Waals surface area contributed by atoms with Gasteiger partial charge in [0.05, 0.1) is 28.9 Å². The molecule has 3 rings (SSSR count). The summed E-state index contributed by atoms with van der Waals surface area (Å²) in [4.78, 5) is 14.8. The molecule has 0 unspecified atom stereocenters. The number of halogens is 4. The van der Waals surface area contributed by atoms with Crippen molar-refractivity contribution in [3.63, 3.8) is 0 Å². The van der Waals surface area contributed by atoms with Crippen LogP contribution < -0.4 is 14.9 Å². The second-order valence-corrected chi connectivity index (χ2v) is 7.48. The predicted molar refractivity (Wildman–Crippen MR) is 119 cm³/mol. The SMILES string of the molecule is COc1cc(/C=N\Nc2ccc(C(F)(F)F)cn2)cc(Br)c1OCc1cccc(C(=O)O)c1. The number of nitrogens with zero attached hydrogens (tertiary/aromatic N) is 2. The van der Waals surface area contributed by atoms with E-state index in [4.69, 9.17) is 14.6 Å². The Labute approximate surface area is 195 Å². The lowest BCUT2D eigenvalue weighted by molar-refractivity contribution is -0.137. The molecule has 0 radical (unpaired) electrons. The molecule has 0 saturated heterocycles. The molecule has 0 bridgehead atoms. The number of hydrogen-bond donors (Lipinski definition) is 2. The second-order valence-electron chi connectivity index (χ2n) is 6.63. The zero-order valence-electron chi connectivity index (χ0n) is 17.1. The third-order valence-electron chi connectivity index (χ3n) is 4.29. The summed E-state index contributed by atoms with van der Waals surface area (Å²) in [7, 11) is 1.46. The van der Waals surface area contributed by atoms with Crippen LogP contribution in [-0.2, 0) is 12.8 Å². The van der Waals surface area contributed by atoms with Crippen molar-refractivity contribution in [2.24, 2.45) is 5.10 Å². The largest absolute Gasteiger partial charge is 0.493 e. The van der Waals surface area contributed by atoms with Crippen molar-refractivity contribution < 1.29 is 32.5 Å². The lowest BCUT2D eigenvalue weighted by Gasteiger charge is -2.14. The number of methoxy groups -OCH3 is 1. The molecule has 3 aromatic rings. The molecule has 0 aliphatic carbocycles. The van der Waals surface area contributed by atoms with Gasteiger partial charge in [0.25, 0.3) is 0 Å². The van der Waals surface area contributed by atoms with Crippen LogP contribution in [0.15, 0.2) is 64.3 Å². The highest BCUT2D eigenvalue weighted by Gasteiger charge is 2.30. The van der Waals surface area contributed by atoms with E-state index >= 15 is 0 Å². The third-order valence-corrected chi connectivity index (χ3v) is 4.88.